The number of hydrogen-bond donors (Lipinski definition) is 1. The maximum absolute atomic E-state index is 3.67. The van der Waals surface area contributed by atoms with Gasteiger partial charge >= 0.3 is 0 Å². The van der Waals surface area contributed by atoms with Gasteiger partial charge in [-0.1, -0.05) is 69.6 Å². The van der Waals surface area contributed by atoms with Crippen LogP contribution in [0.3, 0.4) is 0 Å². The third kappa shape index (κ3) is 3.45. The van der Waals surface area contributed by atoms with Crippen LogP contribution >= 0.6 is 0 Å². The standard InChI is InChI=1S/C19H27N/c1-2-4-6-8-12-16(11-7-5-3-1)19-15-17-13-9-10-14-18(17)20-19/h9-10,13-16,20H,1-8,11-12H2. The maximum Gasteiger partial charge on any atom is 0.0456 e. The predicted octanol–water partition coefficient (Wildman–Crippen LogP) is 6.17. The third-order valence-corrected chi connectivity index (χ3v) is 4.85. The van der Waals surface area contributed by atoms with Crippen molar-refractivity contribution in [3.05, 3.63) is 36.0 Å². The minimum Gasteiger partial charge on any atom is -0.358 e. The molecule has 1 heterocycles. The molecule has 0 spiro atoms. The Hall–Kier alpha value is -1.24. The fraction of sp³-hybridized carbons (Fsp3) is 0.579. The summed E-state index contributed by atoms with van der Waals surface area (Å²) in [5.41, 5.74) is 2.78. The van der Waals surface area contributed by atoms with E-state index in [1.807, 2.05) is 0 Å². The summed E-state index contributed by atoms with van der Waals surface area (Å²) < 4.78 is 0. The van der Waals surface area contributed by atoms with Crippen LogP contribution in [-0.4, -0.2) is 4.98 Å². The van der Waals surface area contributed by atoms with Gasteiger partial charge in [-0.25, -0.2) is 0 Å². The summed E-state index contributed by atoms with van der Waals surface area (Å²) in [6.07, 6.45) is 14.2. The lowest BCUT2D eigenvalue weighted by molar-refractivity contribution is 0.507. The summed E-state index contributed by atoms with van der Waals surface area (Å²) in [5.74, 6) is 0.750. The minimum absolute atomic E-state index is 0.750. The second-order valence-electron chi connectivity index (χ2n) is 6.41. The quantitative estimate of drug-likeness (QED) is 0.637. The molecule has 0 bridgehead atoms. The molecular formula is C19H27N. The van der Waals surface area contributed by atoms with Gasteiger partial charge in [-0.05, 0) is 36.3 Å². The molecule has 1 aliphatic carbocycles. The summed E-state index contributed by atoms with van der Waals surface area (Å²) in [5, 5.41) is 1.37. The van der Waals surface area contributed by atoms with E-state index in [-0.39, 0.29) is 0 Å². The summed E-state index contributed by atoms with van der Waals surface area (Å²) >= 11 is 0. The monoisotopic (exact) mass is 269 g/mol. The van der Waals surface area contributed by atoms with Crippen molar-refractivity contribution in [2.24, 2.45) is 0 Å². The fourth-order valence-electron chi connectivity index (χ4n) is 3.61. The van der Waals surface area contributed by atoms with Gasteiger partial charge in [0.1, 0.15) is 0 Å². The first-order chi connectivity index (χ1) is 9.93. The molecule has 2 aromatic rings. The first kappa shape index (κ1) is 13.7. The Morgan fingerprint density at radius 1 is 0.750 bits per heavy atom. The molecule has 20 heavy (non-hydrogen) atoms. The van der Waals surface area contributed by atoms with Gasteiger partial charge in [0.05, 0.1) is 0 Å². The number of benzene rings is 1. The molecule has 0 amide bonds. The van der Waals surface area contributed by atoms with Crippen LogP contribution in [0, 0.1) is 0 Å². The van der Waals surface area contributed by atoms with E-state index < -0.39 is 0 Å². The Bertz CT molecular complexity index is 480. The second-order valence-corrected chi connectivity index (χ2v) is 6.41. The van der Waals surface area contributed by atoms with Gasteiger partial charge < -0.3 is 4.98 Å². The van der Waals surface area contributed by atoms with Crippen molar-refractivity contribution in [1.82, 2.24) is 4.98 Å². The molecule has 0 radical (unpaired) electrons. The molecule has 3 rings (SSSR count). The topological polar surface area (TPSA) is 15.8 Å². The van der Waals surface area contributed by atoms with Crippen LogP contribution in [0.5, 0.6) is 0 Å². The van der Waals surface area contributed by atoms with Crippen molar-refractivity contribution in [2.75, 3.05) is 0 Å². The molecule has 1 saturated carbocycles. The number of H-pyrrole nitrogens is 1. The van der Waals surface area contributed by atoms with Crippen LogP contribution in [0.25, 0.3) is 10.9 Å². The number of fused-ring (bicyclic) bond motifs is 1. The third-order valence-electron chi connectivity index (χ3n) is 4.85. The van der Waals surface area contributed by atoms with E-state index in [0.717, 1.165) is 5.92 Å². The van der Waals surface area contributed by atoms with E-state index in [4.69, 9.17) is 0 Å². The van der Waals surface area contributed by atoms with E-state index in [0.29, 0.717) is 0 Å². The van der Waals surface area contributed by atoms with Crippen molar-refractivity contribution in [3.8, 4) is 0 Å². The lowest BCUT2D eigenvalue weighted by atomic mass is 9.92. The van der Waals surface area contributed by atoms with E-state index >= 15 is 0 Å². The number of nitrogens with one attached hydrogen (secondary N) is 1. The first-order valence-electron chi connectivity index (χ1n) is 8.51. The van der Waals surface area contributed by atoms with Gasteiger partial charge in [0.15, 0.2) is 0 Å². The molecule has 1 aromatic heterocycles. The van der Waals surface area contributed by atoms with Crippen molar-refractivity contribution < 1.29 is 0 Å². The highest BCUT2D eigenvalue weighted by Crippen LogP contribution is 2.31. The van der Waals surface area contributed by atoms with Gasteiger partial charge in [0, 0.05) is 11.2 Å². The second kappa shape index (κ2) is 6.97. The lowest BCUT2D eigenvalue weighted by Gasteiger charge is -2.15. The zero-order valence-corrected chi connectivity index (χ0v) is 12.5. The molecule has 0 aliphatic heterocycles. The van der Waals surface area contributed by atoms with E-state index in [1.54, 1.807) is 0 Å². The molecule has 1 nitrogen and oxygen atoms in total. The van der Waals surface area contributed by atoms with Crippen LogP contribution in [-0.2, 0) is 0 Å². The molecule has 0 saturated heterocycles. The highest BCUT2D eigenvalue weighted by molar-refractivity contribution is 5.80. The molecule has 0 unspecified atom stereocenters. The smallest absolute Gasteiger partial charge is 0.0456 e. The highest BCUT2D eigenvalue weighted by Gasteiger charge is 2.14. The zero-order chi connectivity index (χ0) is 13.6. The number of rotatable bonds is 1. The number of para-hydroxylation sites is 1. The average molecular weight is 269 g/mol. The summed E-state index contributed by atoms with van der Waals surface area (Å²) in [6.45, 7) is 0. The number of hydrogen-bond acceptors (Lipinski definition) is 0. The van der Waals surface area contributed by atoms with Crippen LogP contribution in [0.4, 0.5) is 0 Å². The molecular weight excluding hydrogens is 242 g/mol. The largest absolute Gasteiger partial charge is 0.358 e. The molecule has 1 fully saturated rings. The Balaban J connectivity index is 1.73. The molecule has 108 valence electrons. The molecule has 1 aliphatic rings. The van der Waals surface area contributed by atoms with Crippen molar-refractivity contribution in [1.29, 1.82) is 0 Å². The van der Waals surface area contributed by atoms with Crippen LogP contribution in [0.15, 0.2) is 30.3 Å². The van der Waals surface area contributed by atoms with Gasteiger partial charge in [0.25, 0.3) is 0 Å². The van der Waals surface area contributed by atoms with Crippen molar-refractivity contribution in [3.63, 3.8) is 0 Å². The van der Waals surface area contributed by atoms with E-state index in [2.05, 4.69) is 35.3 Å². The minimum atomic E-state index is 0.750. The van der Waals surface area contributed by atoms with E-state index in [9.17, 15) is 0 Å². The zero-order valence-electron chi connectivity index (χ0n) is 12.5. The Morgan fingerprint density at radius 2 is 1.35 bits per heavy atom. The Labute approximate surface area is 122 Å². The molecule has 1 N–H and O–H groups in total. The summed E-state index contributed by atoms with van der Waals surface area (Å²) in [7, 11) is 0. The molecule has 0 atom stereocenters. The Kier molecular flexibility index (Phi) is 4.78. The average Bonchev–Trinajstić information content (AvgIpc) is 2.87. The van der Waals surface area contributed by atoms with Crippen molar-refractivity contribution in [2.45, 2.75) is 70.1 Å². The molecule has 1 aromatic carbocycles. The first-order valence-corrected chi connectivity index (χ1v) is 8.51. The predicted molar refractivity (Wildman–Crippen MR) is 87.2 cm³/mol. The summed E-state index contributed by atoms with van der Waals surface area (Å²) in [6, 6.07) is 11.1. The normalized spacial score (nSPS) is 19.8. The number of aromatic amines is 1. The van der Waals surface area contributed by atoms with Crippen LogP contribution < -0.4 is 0 Å². The van der Waals surface area contributed by atoms with Gasteiger partial charge in [0.2, 0.25) is 0 Å². The van der Waals surface area contributed by atoms with Gasteiger partial charge in [-0.2, -0.15) is 0 Å². The summed E-state index contributed by atoms with van der Waals surface area (Å²) in [4.78, 5) is 3.67. The van der Waals surface area contributed by atoms with Crippen LogP contribution in [0.1, 0.15) is 75.8 Å². The SMILES string of the molecule is c1ccc2[nH]c(C3CCCCCCCCCC3)cc2c1. The van der Waals surface area contributed by atoms with E-state index in [1.165, 1.54) is 80.8 Å². The fourth-order valence-corrected chi connectivity index (χ4v) is 3.61. The maximum atomic E-state index is 3.67. The number of aromatic nitrogens is 1. The molecule has 1 heteroatoms. The van der Waals surface area contributed by atoms with Crippen molar-refractivity contribution >= 4 is 10.9 Å². The van der Waals surface area contributed by atoms with Gasteiger partial charge in [-0.15, -0.1) is 0 Å². The highest BCUT2D eigenvalue weighted by atomic mass is 14.7. The lowest BCUT2D eigenvalue weighted by Crippen LogP contribution is -1.99. The van der Waals surface area contributed by atoms with Gasteiger partial charge in [-0.3, -0.25) is 0 Å². The Morgan fingerprint density at radius 3 is 2.00 bits per heavy atom. The van der Waals surface area contributed by atoms with Crippen LogP contribution in [0.2, 0.25) is 0 Å².